The molecular formula is C29H28O6. The van der Waals surface area contributed by atoms with E-state index in [4.69, 9.17) is 9.47 Å². The molecule has 6 nitrogen and oxygen atoms in total. The highest BCUT2D eigenvalue weighted by molar-refractivity contribution is 5.41. The normalized spacial score (nSPS) is 11.3. The summed E-state index contributed by atoms with van der Waals surface area (Å²) in [5.41, 5.74) is 2.95. The Labute approximate surface area is 203 Å². The van der Waals surface area contributed by atoms with Crippen molar-refractivity contribution in [2.45, 2.75) is 59.2 Å². The molecule has 0 aromatic heterocycles. The molecule has 4 aromatic carbocycles. The van der Waals surface area contributed by atoms with Gasteiger partial charge in [0.1, 0.15) is 13.2 Å². The Hall–Kier alpha value is -3.80. The Morgan fingerprint density at radius 3 is 1.26 bits per heavy atom. The van der Waals surface area contributed by atoms with E-state index in [9.17, 15) is 19.2 Å². The highest BCUT2D eigenvalue weighted by atomic mass is 16.5. The molecule has 0 fully saturated rings. The van der Waals surface area contributed by atoms with E-state index >= 15 is 0 Å². The van der Waals surface area contributed by atoms with Gasteiger partial charge in [-0.3, -0.25) is 19.2 Å². The number of aryl methyl sites for hydroxylation is 2. The number of hydrogen-bond donors (Lipinski definition) is 0. The molecule has 0 saturated heterocycles. The summed E-state index contributed by atoms with van der Waals surface area (Å²) in [5, 5.41) is 0. The van der Waals surface area contributed by atoms with E-state index in [0.29, 0.717) is 36.8 Å². The first-order chi connectivity index (χ1) is 16.8. The quantitative estimate of drug-likeness (QED) is 0.231. The lowest BCUT2D eigenvalue weighted by Gasteiger charge is -2.14. The van der Waals surface area contributed by atoms with Crippen LogP contribution in [0.25, 0.3) is 0 Å². The standard InChI is InChI=1S/C29H28O6/c1-18-8-12-20(13-9-18)16-34-28-22(24(30)26(28)32)6-4-3-5-7-23-25(31)27(33)29(23)35-17-21-14-10-19(2)11-15-21/h8-15H,3-7,16-17H2,1-2H3. The molecule has 0 spiro atoms. The maximum atomic E-state index is 12.0. The van der Waals surface area contributed by atoms with Crippen molar-refractivity contribution in [2.75, 3.05) is 0 Å². The molecule has 0 atom stereocenters. The van der Waals surface area contributed by atoms with E-state index in [1.165, 1.54) is 0 Å². The van der Waals surface area contributed by atoms with Gasteiger partial charge in [-0.05, 0) is 50.7 Å². The van der Waals surface area contributed by atoms with E-state index in [-0.39, 0.29) is 24.7 Å². The predicted octanol–water partition coefficient (Wildman–Crippen LogP) is 3.61. The second kappa shape index (κ2) is 10.6. The summed E-state index contributed by atoms with van der Waals surface area (Å²) in [6.07, 6.45) is 3.01. The third-order valence-electron chi connectivity index (χ3n) is 6.28. The van der Waals surface area contributed by atoms with Crippen molar-refractivity contribution in [1.29, 1.82) is 0 Å². The van der Waals surface area contributed by atoms with Gasteiger partial charge in [-0.2, -0.15) is 0 Å². The lowest BCUT2D eigenvalue weighted by atomic mass is 9.98. The first-order valence-corrected chi connectivity index (χ1v) is 11.9. The fourth-order valence-electron chi connectivity index (χ4n) is 4.06. The van der Waals surface area contributed by atoms with Gasteiger partial charge >= 0.3 is 0 Å². The van der Waals surface area contributed by atoms with Gasteiger partial charge in [-0.25, -0.2) is 0 Å². The van der Waals surface area contributed by atoms with E-state index in [1.807, 2.05) is 62.4 Å². The number of benzene rings is 2. The van der Waals surface area contributed by atoms with Crippen LogP contribution in [0, 0.1) is 13.8 Å². The van der Waals surface area contributed by atoms with Crippen molar-refractivity contribution >= 4 is 0 Å². The van der Waals surface area contributed by atoms with Gasteiger partial charge in [0.25, 0.3) is 10.9 Å². The summed E-state index contributed by atoms with van der Waals surface area (Å²) >= 11 is 0. The first kappa shape index (κ1) is 24.3. The lowest BCUT2D eigenvalue weighted by Crippen LogP contribution is -2.37. The van der Waals surface area contributed by atoms with Crippen LogP contribution in [0.2, 0.25) is 0 Å². The highest BCUT2D eigenvalue weighted by Crippen LogP contribution is 2.19. The van der Waals surface area contributed by atoms with Gasteiger partial charge in [-0.15, -0.1) is 0 Å². The number of ether oxygens (including phenoxy) is 2. The van der Waals surface area contributed by atoms with Gasteiger partial charge in [0.2, 0.25) is 10.9 Å². The second-order valence-electron chi connectivity index (χ2n) is 9.04. The molecule has 0 amide bonds. The molecule has 0 heterocycles. The number of unbranched alkanes of at least 4 members (excludes halogenated alkanes) is 2. The molecule has 0 saturated carbocycles. The van der Waals surface area contributed by atoms with Crippen LogP contribution < -0.4 is 31.2 Å². The van der Waals surface area contributed by atoms with Crippen molar-refractivity contribution < 1.29 is 9.47 Å². The first-order valence-electron chi connectivity index (χ1n) is 11.9. The van der Waals surface area contributed by atoms with Crippen LogP contribution in [0.1, 0.15) is 52.6 Å². The largest absolute Gasteiger partial charge is 0.484 e. The number of hydrogen-bond acceptors (Lipinski definition) is 6. The average molecular weight is 473 g/mol. The third kappa shape index (κ3) is 5.48. The molecule has 180 valence electrons. The Kier molecular flexibility index (Phi) is 7.39. The Morgan fingerprint density at radius 2 is 0.886 bits per heavy atom. The van der Waals surface area contributed by atoms with Crippen LogP contribution in [-0.4, -0.2) is 0 Å². The minimum absolute atomic E-state index is 0.171. The SMILES string of the molecule is Cc1ccc(COc2c(CCCCCc3c(OCc4ccc(C)cc4)c(=O)c3=O)c(=O)c2=O)cc1. The van der Waals surface area contributed by atoms with Gasteiger partial charge in [0.05, 0.1) is 11.1 Å². The van der Waals surface area contributed by atoms with Crippen LogP contribution in [0.3, 0.4) is 0 Å². The molecular weight excluding hydrogens is 444 g/mol. The Balaban J connectivity index is 1.24. The van der Waals surface area contributed by atoms with Crippen molar-refractivity contribution in [3.05, 3.63) is 123 Å². The molecule has 0 aliphatic heterocycles. The summed E-state index contributed by atoms with van der Waals surface area (Å²) in [7, 11) is 0. The maximum absolute atomic E-state index is 12.0. The van der Waals surface area contributed by atoms with Crippen LogP contribution in [0.4, 0.5) is 0 Å². The molecule has 6 heteroatoms. The van der Waals surface area contributed by atoms with E-state index < -0.39 is 21.7 Å². The van der Waals surface area contributed by atoms with Crippen LogP contribution in [-0.2, 0) is 26.1 Å². The number of rotatable bonds is 12. The average Bonchev–Trinajstić information content (AvgIpc) is 2.87. The van der Waals surface area contributed by atoms with Crippen molar-refractivity contribution in [2.24, 2.45) is 0 Å². The summed E-state index contributed by atoms with van der Waals surface area (Å²) < 4.78 is 11.3. The molecule has 4 aromatic rings. The minimum Gasteiger partial charge on any atom is -0.484 e. The zero-order valence-corrected chi connectivity index (χ0v) is 20.0. The van der Waals surface area contributed by atoms with Crippen molar-refractivity contribution in [3.8, 4) is 11.5 Å². The fraction of sp³-hybridized carbons (Fsp3) is 0.310. The smallest absolute Gasteiger partial charge is 0.268 e. The Morgan fingerprint density at radius 1 is 0.514 bits per heavy atom. The summed E-state index contributed by atoms with van der Waals surface area (Å²) in [5.74, 6) is 0.342. The molecule has 0 N–H and O–H groups in total. The monoisotopic (exact) mass is 472 g/mol. The summed E-state index contributed by atoms with van der Waals surface area (Å²) in [6.45, 7) is 4.48. The molecule has 0 unspecified atom stereocenters. The van der Waals surface area contributed by atoms with Crippen molar-refractivity contribution in [3.63, 3.8) is 0 Å². The molecule has 4 rings (SSSR count). The molecule has 0 aliphatic rings. The lowest BCUT2D eigenvalue weighted by molar-refractivity contribution is 0.294. The van der Waals surface area contributed by atoms with E-state index in [1.54, 1.807) is 0 Å². The van der Waals surface area contributed by atoms with E-state index in [0.717, 1.165) is 28.7 Å². The molecule has 35 heavy (non-hydrogen) atoms. The Bertz CT molecular complexity index is 1330. The van der Waals surface area contributed by atoms with Gasteiger partial charge in [0, 0.05) is 0 Å². The molecule has 0 radical (unpaired) electrons. The van der Waals surface area contributed by atoms with Crippen LogP contribution in [0.15, 0.2) is 67.7 Å². The summed E-state index contributed by atoms with van der Waals surface area (Å²) in [6, 6.07) is 15.6. The second-order valence-corrected chi connectivity index (χ2v) is 9.04. The molecule has 0 bridgehead atoms. The third-order valence-corrected chi connectivity index (χ3v) is 6.28. The van der Waals surface area contributed by atoms with Crippen molar-refractivity contribution in [1.82, 2.24) is 0 Å². The highest BCUT2D eigenvalue weighted by Gasteiger charge is 2.23. The maximum Gasteiger partial charge on any atom is 0.268 e. The fourth-order valence-corrected chi connectivity index (χ4v) is 4.06. The van der Waals surface area contributed by atoms with Crippen LogP contribution >= 0.6 is 0 Å². The van der Waals surface area contributed by atoms with Gasteiger partial charge in [0.15, 0.2) is 11.5 Å². The molecule has 0 aliphatic carbocycles. The zero-order valence-electron chi connectivity index (χ0n) is 20.0. The van der Waals surface area contributed by atoms with E-state index in [2.05, 4.69) is 0 Å². The minimum atomic E-state index is -0.564. The zero-order chi connectivity index (χ0) is 24.9. The van der Waals surface area contributed by atoms with Gasteiger partial charge in [-0.1, -0.05) is 66.1 Å². The van der Waals surface area contributed by atoms with Gasteiger partial charge < -0.3 is 9.47 Å². The van der Waals surface area contributed by atoms with Crippen LogP contribution in [0.5, 0.6) is 11.5 Å². The summed E-state index contributed by atoms with van der Waals surface area (Å²) in [4.78, 5) is 47.9. The predicted molar refractivity (Wildman–Crippen MR) is 135 cm³/mol. The topological polar surface area (TPSA) is 86.7 Å².